The molecule has 0 fully saturated rings. The quantitative estimate of drug-likeness (QED) is 0.508. The van der Waals surface area contributed by atoms with Crippen LogP contribution in [0.4, 0.5) is 0 Å². The van der Waals surface area contributed by atoms with Crippen molar-refractivity contribution in [3.63, 3.8) is 0 Å². The van der Waals surface area contributed by atoms with Crippen LogP contribution in [0.3, 0.4) is 0 Å². The number of aryl methyl sites for hydroxylation is 1. The summed E-state index contributed by atoms with van der Waals surface area (Å²) >= 11 is 9.50. The number of amides is 1. The zero-order chi connectivity index (χ0) is 13.8. The summed E-state index contributed by atoms with van der Waals surface area (Å²) < 4.78 is 6.57. The number of nitrogens with two attached hydrogens (primary N) is 1. The molecule has 0 unspecified atom stereocenters. The summed E-state index contributed by atoms with van der Waals surface area (Å²) in [6.45, 7) is 0. The second-order valence-corrected chi connectivity index (χ2v) is 5.28. The summed E-state index contributed by atoms with van der Waals surface area (Å²) in [5.74, 6) is 6.19. The molecule has 1 heterocycles. The molecule has 1 aromatic carbocycles. The van der Waals surface area contributed by atoms with Gasteiger partial charge in [-0.25, -0.2) is 5.84 Å². The van der Waals surface area contributed by atoms with Gasteiger partial charge in [0.1, 0.15) is 11.5 Å². The Morgan fingerprint density at radius 2 is 2.16 bits per heavy atom. The summed E-state index contributed by atoms with van der Waals surface area (Å²) in [6.07, 6.45) is 0.786. The van der Waals surface area contributed by atoms with Crippen LogP contribution in [0, 0.1) is 0 Å². The van der Waals surface area contributed by atoms with Crippen molar-refractivity contribution in [3.8, 4) is 11.3 Å². The number of benzene rings is 1. The molecule has 0 saturated heterocycles. The normalized spacial score (nSPS) is 10.5. The van der Waals surface area contributed by atoms with E-state index in [1.807, 2.05) is 24.3 Å². The number of nitrogens with one attached hydrogen (secondary N) is 1. The average Bonchev–Trinajstić information content (AvgIpc) is 2.84. The molecule has 4 nitrogen and oxygen atoms in total. The highest BCUT2D eigenvalue weighted by Gasteiger charge is 2.10. The van der Waals surface area contributed by atoms with Gasteiger partial charge in [-0.3, -0.25) is 10.2 Å². The standard InChI is InChI=1S/C13H12BrClN2O2/c14-8-1-4-10(11(15)7-8)12-5-2-9(19-12)3-6-13(18)17-16/h1-2,4-5,7H,3,6,16H2,(H,17,18). The third kappa shape index (κ3) is 3.59. The number of hydrazine groups is 1. The lowest BCUT2D eigenvalue weighted by molar-refractivity contribution is -0.121. The zero-order valence-electron chi connectivity index (χ0n) is 9.95. The molecule has 0 radical (unpaired) electrons. The molecular weight excluding hydrogens is 332 g/mol. The van der Waals surface area contributed by atoms with E-state index in [-0.39, 0.29) is 12.3 Å². The topological polar surface area (TPSA) is 68.3 Å². The molecule has 0 aliphatic carbocycles. The third-order valence-electron chi connectivity index (χ3n) is 2.62. The van der Waals surface area contributed by atoms with Gasteiger partial charge in [-0.2, -0.15) is 0 Å². The molecule has 6 heteroatoms. The van der Waals surface area contributed by atoms with Gasteiger partial charge in [-0.05, 0) is 30.3 Å². The maximum Gasteiger partial charge on any atom is 0.234 e. The van der Waals surface area contributed by atoms with Crippen molar-refractivity contribution in [2.75, 3.05) is 0 Å². The van der Waals surface area contributed by atoms with Crippen LogP contribution < -0.4 is 11.3 Å². The monoisotopic (exact) mass is 342 g/mol. The molecule has 1 aromatic heterocycles. The summed E-state index contributed by atoms with van der Waals surface area (Å²) in [6, 6.07) is 9.25. The first-order valence-corrected chi connectivity index (χ1v) is 6.81. The van der Waals surface area contributed by atoms with Crippen LogP contribution in [0.25, 0.3) is 11.3 Å². The second kappa shape index (κ2) is 6.23. The predicted molar refractivity (Wildman–Crippen MR) is 77.5 cm³/mol. The van der Waals surface area contributed by atoms with Crippen LogP contribution in [-0.2, 0) is 11.2 Å². The van der Waals surface area contributed by atoms with Crippen molar-refractivity contribution < 1.29 is 9.21 Å². The molecular formula is C13H12BrClN2O2. The second-order valence-electron chi connectivity index (χ2n) is 3.96. The number of halogens is 2. The highest BCUT2D eigenvalue weighted by molar-refractivity contribution is 9.10. The van der Waals surface area contributed by atoms with Crippen LogP contribution in [-0.4, -0.2) is 5.91 Å². The minimum atomic E-state index is -0.223. The van der Waals surface area contributed by atoms with Crippen molar-refractivity contribution in [3.05, 3.63) is 45.6 Å². The first kappa shape index (κ1) is 14.1. The number of hydrogen-bond donors (Lipinski definition) is 2. The lowest BCUT2D eigenvalue weighted by Gasteiger charge is -2.01. The molecule has 0 aliphatic heterocycles. The Balaban J connectivity index is 2.14. The number of carbonyl (C=O) groups excluding carboxylic acids is 1. The minimum Gasteiger partial charge on any atom is -0.461 e. The van der Waals surface area contributed by atoms with Crippen molar-refractivity contribution in [2.45, 2.75) is 12.8 Å². The van der Waals surface area contributed by atoms with E-state index < -0.39 is 0 Å². The van der Waals surface area contributed by atoms with E-state index in [2.05, 4.69) is 21.4 Å². The maximum absolute atomic E-state index is 11.0. The highest BCUT2D eigenvalue weighted by atomic mass is 79.9. The molecule has 19 heavy (non-hydrogen) atoms. The largest absolute Gasteiger partial charge is 0.461 e. The Labute approximate surface area is 124 Å². The van der Waals surface area contributed by atoms with E-state index in [0.717, 1.165) is 15.8 Å². The number of carbonyl (C=O) groups is 1. The molecule has 0 saturated carbocycles. The van der Waals surface area contributed by atoms with Gasteiger partial charge in [0.2, 0.25) is 5.91 Å². The molecule has 0 aliphatic rings. The van der Waals surface area contributed by atoms with Crippen molar-refractivity contribution >= 4 is 33.4 Å². The van der Waals surface area contributed by atoms with Crippen molar-refractivity contribution in [2.24, 2.45) is 5.84 Å². The maximum atomic E-state index is 11.0. The van der Waals surface area contributed by atoms with Gasteiger partial charge in [-0.15, -0.1) is 0 Å². The van der Waals surface area contributed by atoms with E-state index in [1.54, 1.807) is 6.07 Å². The Hall–Kier alpha value is -1.30. The number of furan rings is 1. The highest BCUT2D eigenvalue weighted by Crippen LogP contribution is 2.31. The first-order chi connectivity index (χ1) is 9.10. The van der Waals surface area contributed by atoms with Crippen LogP contribution in [0.2, 0.25) is 5.02 Å². The molecule has 1 amide bonds. The lowest BCUT2D eigenvalue weighted by Crippen LogP contribution is -2.30. The fraction of sp³-hybridized carbons (Fsp3) is 0.154. The molecule has 2 aromatic rings. The van der Waals surface area contributed by atoms with Crippen LogP contribution in [0.5, 0.6) is 0 Å². The first-order valence-electron chi connectivity index (χ1n) is 5.63. The smallest absolute Gasteiger partial charge is 0.234 e. The average molecular weight is 344 g/mol. The zero-order valence-corrected chi connectivity index (χ0v) is 12.3. The summed E-state index contributed by atoms with van der Waals surface area (Å²) in [5.41, 5.74) is 2.90. The molecule has 0 bridgehead atoms. The van der Waals surface area contributed by atoms with Crippen molar-refractivity contribution in [1.82, 2.24) is 5.43 Å². The number of rotatable bonds is 4. The van der Waals surface area contributed by atoms with Gasteiger partial charge in [0, 0.05) is 22.9 Å². The molecule has 0 spiro atoms. The Bertz CT molecular complexity index is 598. The van der Waals surface area contributed by atoms with Gasteiger partial charge < -0.3 is 4.42 Å². The van der Waals surface area contributed by atoms with Gasteiger partial charge in [-0.1, -0.05) is 27.5 Å². The molecule has 100 valence electrons. The van der Waals surface area contributed by atoms with Crippen LogP contribution in [0.1, 0.15) is 12.2 Å². The van der Waals surface area contributed by atoms with Crippen LogP contribution in [0.15, 0.2) is 39.2 Å². The summed E-state index contributed by atoms with van der Waals surface area (Å²) in [7, 11) is 0. The van der Waals surface area contributed by atoms with Gasteiger partial charge in [0.15, 0.2) is 0 Å². The van der Waals surface area contributed by atoms with Crippen LogP contribution >= 0.6 is 27.5 Å². The summed E-state index contributed by atoms with van der Waals surface area (Å²) in [4.78, 5) is 11.0. The fourth-order valence-electron chi connectivity index (χ4n) is 1.66. The van der Waals surface area contributed by atoms with E-state index in [9.17, 15) is 4.79 Å². The van der Waals surface area contributed by atoms with E-state index in [4.69, 9.17) is 21.9 Å². The SMILES string of the molecule is NNC(=O)CCc1ccc(-c2ccc(Br)cc2Cl)o1. The lowest BCUT2D eigenvalue weighted by atomic mass is 10.2. The third-order valence-corrected chi connectivity index (χ3v) is 3.42. The van der Waals surface area contributed by atoms with E-state index >= 15 is 0 Å². The van der Waals surface area contributed by atoms with E-state index in [0.29, 0.717) is 17.2 Å². The van der Waals surface area contributed by atoms with Crippen molar-refractivity contribution in [1.29, 1.82) is 0 Å². The van der Waals surface area contributed by atoms with Gasteiger partial charge in [0.05, 0.1) is 5.02 Å². The molecule has 2 rings (SSSR count). The summed E-state index contributed by atoms with van der Waals surface area (Å²) in [5, 5.41) is 0.606. The molecule has 0 atom stereocenters. The van der Waals surface area contributed by atoms with Gasteiger partial charge >= 0.3 is 0 Å². The minimum absolute atomic E-state index is 0.223. The Morgan fingerprint density at radius 1 is 1.37 bits per heavy atom. The fourth-order valence-corrected chi connectivity index (χ4v) is 2.42. The predicted octanol–water partition coefficient (Wildman–Crippen LogP) is 3.29. The van der Waals surface area contributed by atoms with Gasteiger partial charge in [0.25, 0.3) is 0 Å². The Morgan fingerprint density at radius 3 is 2.84 bits per heavy atom. The van der Waals surface area contributed by atoms with E-state index in [1.165, 1.54) is 0 Å². The number of hydrogen-bond acceptors (Lipinski definition) is 3. The molecule has 3 N–H and O–H groups in total. The Kier molecular flexibility index (Phi) is 4.63.